The Kier molecular flexibility index (Phi) is 7.97. The SMILES string of the molecule is NS(=O)(=O)c1ccc(NC(=O)[C@@H]2CC=CC[C@@H]2C(=O)N(Cc2ccccc2)Cc2ccccc2)cc1. The fraction of sp³-hybridized carbons (Fsp3) is 0.214. The third-order valence-electron chi connectivity index (χ3n) is 6.28. The number of carbonyl (C=O) groups excluding carboxylic acids is 2. The summed E-state index contributed by atoms with van der Waals surface area (Å²) in [5, 5.41) is 7.98. The minimum Gasteiger partial charge on any atom is -0.334 e. The lowest BCUT2D eigenvalue weighted by Gasteiger charge is -2.32. The van der Waals surface area contributed by atoms with E-state index in [2.05, 4.69) is 5.32 Å². The molecule has 0 aliphatic heterocycles. The number of sulfonamides is 1. The molecule has 3 aromatic rings. The number of nitrogens with one attached hydrogen (secondary N) is 1. The van der Waals surface area contributed by atoms with Crippen LogP contribution in [-0.4, -0.2) is 25.1 Å². The number of nitrogens with zero attached hydrogens (tertiary/aromatic N) is 1. The molecular formula is C28H29N3O4S. The number of rotatable bonds is 8. The quantitative estimate of drug-likeness (QED) is 0.451. The highest BCUT2D eigenvalue weighted by molar-refractivity contribution is 7.89. The van der Waals surface area contributed by atoms with Crippen molar-refractivity contribution in [3.05, 3.63) is 108 Å². The van der Waals surface area contributed by atoms with Crippen LogP contribution in [0.2, 0.25) is 0 Å². The molecule has 0 unspecified atom stereocenters. The molecule has 1 aliphatic rings. The van der Waals surface area contributed by atoms with Crippen molar-refractivity contribution in [2.75, 3.05) is 5.32 Å². The van der Waals surface area contributed by atoms with Crippen LogP contribution in [0.4, 0.5) is 5.69 Å². The van der Waals surface area contributed by atoms with E-state index in [0.29, 0.717) is 31.6 Å². The first-order chi connectivity index (χ1) is 17.3. The number of benzene rings is 3. The zero-order chi connectivity index (χ0) is 25.5. The summed E-state index contributed by atoms with van der Waals surface area (Å²) in [4.78, 5) is 28.9. The molecular weight excluding hydrogens is 474 g/mol. The zero-order valence-corrected chi connectivity index (χ0v) is 20.6. The predicted molar refractivity (Wildman–Crippen MR) is 139 cm³/mol. The van der Waals surface area contributed by atoms with E-state index in [9.17, 15) is 18.0 Å². The van der Waals surface area contributed by atoms with Crippen LogP contribution in [0.1, 0.15) is 24.0 Å². The van der Waals surface area contributed by atoms with E-state index in [1.165, 1.54) is 24.3 Å². The van der Waals surface area contributed by atoms with E-state index >= 15 is 0 Å². The summed E-state index contributed by atoms with van der Waals surface area (Å²) in [6.07, 6.45) is 4.80. The second-order valence-electron chi connectivity index (χ2n) is 8.88. The molecule has 0 bridgehead atoms. The molecule has 1 aliphatic carbocycles. The van der Waals surface area contributed by atoms with Crippen LogP contribution in [0.5, 0.6) is 0 Å². The summed E-state index contributed by atoms with van der Waals surface area (Å²) in [7, 11) is -3.82. The molecule has 36 heavy (non-hydrogen) atoms. The molecule has 3 N–H and O–H groups in total. The number of allylic oxidation sites excluding steroid dienone is 2. The fourth-order valence-electron chi connectivity index (χ4n) is 4.39. The van der Waals surface area contributed by atoms with Gasteiger partial charge in [0.15, 0.2) is 0 Å². The lowest BCUT2D eigenvalue weighted by Crippen LogP contribution is -2.42. The summed E-state index contributed by atoms with van der Waals surface area (Å²) in [6.45, 7) is 0.885. The van der Waals surface area contributed by atoms with Crippen LogP contribution in [0.3, 0.4) is 0 Å². The van der Waals surface area contributed by atoms with E-state index in [1.54, 1.807) is 0 Å². The minimum atomic E-state index is -3.82. The maximum absolute atomic E-state index is 13.9. The maximum Gasteiger partial charge on any atom is 0.238 e. The van der Waals surface area contributed by atoms with E-state index in [-0.39, 0.29) is 16.7 Å². The van der Waals surface area contributed by atoms with Crippen LogP contribution >= 0.6 is 0 Å². The Bertz CT molecular complexity index is 1280. The Morgan fingerprint density at radius 3 is 1.78 bits per heavy atom. The summed E-state index contributed by atoms with van der Waals surface area (Å²) in [5.41, 5.74) is 2.48. The fourth-order valence-corrected chi connectivity index (χ4v) is 4.91. The monoisotopic (exact) mass is 503 g/mol. The number of hydrogen-bond acceptors (Lipinski definition) is 4. The Morgan fingerprint density at radius 1 is 0.778 bits per heavy atom. The number of carbonyl (C=O) groups is 2. The van der Waals surface area contributed by atoms with Gasteiger partial charge in [0.2, 0.25) is 21.8 Å². The van der Waals surface area contributed by atoms with E-state index in [4.69, 9.17) is 5.14 Å². The highest BCUT2D eigenvalue weighted by Crippen LogP contribution is 2.30. The summed E-state index contributed by atoms with van der Waals surface area (Å²) in [5.74, 6) is -1.40. The molecule has 0 aromatic heterocycles. The number of nitrogens with two attached hydrogens (primary N) is 1. The average Bonchev–Trinajstić information content (AvgIpc) is 2.89. The van der Waals surface area contributed by atoms with Gasteiger partial charge in [-0.1, -0.05) is 72.8 Å². The van der Waals surface area contributed by atoms with Gasteiger partial charge < -0.3 is 10.2 Å². The van der Waals surface area contributed by atoms with Crippen LogP contribution in [0.15, 0.2) is 102 Å². The van der Waals surface area contributed by atoms with Gasteiger partial charge in [0.05, 0.1) is 16.7 Å². The van der Waals surface area contributed by atoms with Crippen molar-refractivity contribution < 1.29 is 18.0 Å². The molecule has 8 heteroatoms. The first kappa shape index (κ1) is 25.3. The first-order valence-corrected chi connectivity index (χ1v) is 13.3. The standard InChI is InChI=1S/C28H29N3O4S/c29-36(34,35)24-17-15-23(16-18-24)30-27(32)25-13-7-8-14-26(25)28(33)31(19-21-9-3-1-4-10-21)20-22-11-5-2-6-12-22/h1-12,15-18,25-26H,13-14,19-20H2,(H,30,32)(H2,29,34,35)/t25-,26+/m1/s1. The molecule has 0 saturated carbocycles. The number of anilines is 1. The molecule has 0 heterocycles. The number of amides is 2. The molecule has 3 aromatic carbocycles. The molecule has 186 valence electrons. The molecule has 2 atom stereocenters. The van der Waals surface area contributed by atoms with Crippen LogP contribution in [0, 0.1) is 11.8 Å². The van der Waals surface area contributed by atoms with Gasteiger partial charge in [-0.05, 0) is 48.2 Å². The van der Waals surface area contributed by atoms with Crippen LogP contribution < -0.4 is 10.5 Å². The van der Waals surface area contributed by atoms with Crippen molar-refractivity contribution in [1.82, 2.24) is 4.90 Å². The van der Waals surface area contributed by atoms with Gasteiger partial charge in [-0.15, -0.1) is 0 Å². The van der Waals surface area contributed by atoms with Crippen LogP contribution in [0.25, 0.3) is 0 Å². The van der Waals surface area contributed by atoms with Crippen molar-refractivity contribution in [2.24, 2.45) is 17.0 Å². The normalized spacial score (nSPS) is 17.4. The number of hydrogen-bond donors (Lipinski definition) is 2. The van der Waals surface area contributed by atoms with Crippen molar-refractivity contribution in [3.8, 4) is 0 Å². The maximum atomic E-state index is 13.9. The predicted octanol–water partition coefficient (Wildman–Crippen LogP) is 4.08. The van der Waals surface area contributed by atoms with E-state index in [1.807, 2.05) is 77.7 Å². The van der Waals surface area contributed by atoms with Crippen molar-refractivity contribution >= 4 is 27.5 Å². The molecule has 2 amide bonds. The Morgan fingerprint density at radius 2 is 1.28 bits per heavy atom. The first-order valence-electron chi connectivity index (χ1n) is 11.8. The second-order valence-corrected chi connectivity index (χ2v) is 10.4. The highest BCUT2D eigenvalue weighted by atomic mass is 32.2. The van der Waals surface area contributed by atoms with Gasteiger partial charge in [-0.2, -0.15) is 0 Å². The molecule has 0 radical (unpaired) electrons. The molecule has 0 saturated heterocycles. The van der Waals surface area contributed by atoms with Gasteiger partial charge in [0, 0.05) is 18.8 Å². The summed E-state index contributed by atoms with van der Waals surface area (Å²) < 4.78 is 23.0. The minimum absolute atomic E-state index is 0.0355. The largest absolute Gasteiger partial charge is 0.334 e. The van der Waals surface area contributed by atoms with Crippen LogP contribution in [-0.2, 0) is 32.7 Å². The molecule has 4 rings (SSSR count). The second kappa shape index (κ2) is 11.3. The third kappa shape index (κ3) is 6.47. The lowest BCUT2D eigenvalue weighted by molar-refractivity contribution is -0.142. The van der Waals surface area contributed by atoms with Crippen molar-refractivity contribution in [2.45, 2.75) is 30.8 Å². The number of primary sulfonamides is 1. The topological polar surface area (TPSA) is 110 Å². The van der Waals surface area contributed by atoms with Crippen molar-refractivity contribution in [3.63, 3.8) is 0 Å². The summed E-state index contributed by atoms with van der Waals surface area (Å²) >= 11 is 0. The van der Waals surface area contributed by atoms with E-state index < -0.39 is 21.9 Å². The van der Waals surface area contributed by atoms with Gasteiger partial charge in [0.1, 0.15) is 0 Å². The highest BCUT2D eigenvalue weighted by Gasteiger charge is 2.36. The molecule has 7 nitrogen and oxygen atoms in total. The summed E-state index contributed by atoms with van der Waals surface area (Å²) in [6, 6.07) is 25.3. The third-order valence-corrected chi connectivity index (χ3v) is 7.21. The van der Waals surface area contributed by atoms with Gasteiger partial charge >= 0.3 is 0 Å². The average molecular weight is 504 g/mol. The van der Waals surface area contributed by atoms with Gasteiger partial charge in [-0.25, -0.2) is 13.6 Å². The van der Waals surface area contributed by atoms with Gasteiger partial charge in [0.25, 0.3) is 0 Å². The Labute approximate surface area is 211 Å². The molecule has 0 fully saturated rings. The lowest BCUT2D eigenvalue weighted by atomic mass is 9.81. The Hall–Kier alpha value is -3.75. The Balaban J connectivity index is 1.53. The smallest absolute Gasteiger partial charge is 0.238 e. The zero-order valence-electron chi connectivity index (χ0n) is 19.8. The van der Waals surface area contributed by atoms with E-state index in [0.717, 1.165) is 11.1 Å². The molecule has 0 spiro atoms. The van der Waals surface area contributed by atoms with Crippen molar-refractivity contribution in [1.29, 1.82) is 0 Å². The van der Waals surface area contributed by atoms with Gasteiger partial charge in [-0.3, -0.25) is 9.59 Å².